The van der Waals surface area contributed by atoms with Gasteiger partial charge in [-0.05, 0) is 36.6 Å². The zero-order chi connectivity index (χ0) is 25.7. The number of fused-ring (bicyclic) bond motifs is 3. The van der Waals surface area contributed by atoms with Crippen LogP contribution in [0.2, 0.25) is 0 Å². The van der Waals surface area contributed by atoms with Gasteiger partial charge in [0.05, 0.1) is 24.8 Å². The average molecular weight is 497 g/mol. The predicted octanol–water partition coefficient (Wildman–Crippen LogP) is 5.08. The van der Waals surface area contributed by atoms with Crippen molar-refractivity contribution in [1.29, 1.82) is 0 Å². The first-order valence-electron chi connectivity index (χ1n) is 12.7. The lowest BCUT2D eigenvalue weighted by Crippen LogP contribution is -2.57. The van der Waals surface area contributed by atoms with E-state index in [9.17, 15) is 4.79 Å². The van der Waals surface area contributed by atoms with Crippen molar-refractivity contribution in [2.45, 2.75) is 58.7 Å². The van der Waals surface area contributed by atoms with Gasteiger partial charge in [-0.2, -0.15) is 5.10 Å². The standard InChI is InChI=1S/C28H34F2N4O2/c1-15(2)8-25-26(19-6-7-24-20(11-31-32-24)21(19)14-33(25)5)27-22(29)9-17(10-23(27)30)36-18-12-34(13-18)28(35)16(3)4/h6-7,9-11,15-16,18,25-26H,8,12-14H2,1-5H3,(H,31,32)/t25-,26+/m0/s1. The number of hydrogen-bond donors (Lipinski definition) is 1. The number of carbonyl (C=O) groups excluding carboxylic acids is 1. The number of aromatic amines is 1. The van der Waals surface area contributed by atoms with Gasteiger partial charge in [0, 0.05) is 47.5 Å². The molecule has 0 aliphatic carbocycles. The van der Waals surface area contributed by atoms with Crippen LogP contribution in [0, 0.1) is 23.5 Å². The Kier molecular flexibility index (Phi) is 6.49. The van der Waals surface area contributed by atoms with Gasteiger partial charge in [-0.1, -0.05) is 33.8 Å². The lowest BCUT2D eigenvalue weighted by molar-refractivity contribution is -0.143. The topological polar surface area (TPSA) is 61.5 Å². The van der Waals surface area contributed by atoms with Gasteiger partial charge < -0.3 is 9.64 Å². The zero-order valence-corrected chi connectivity index (χ0v) is 21.5. The maximum atomic E-state index is 15.7. The molecule has 1 aromatic heterocycles. The van der Waals surface area contributed by atoms with E-state index in [1.165, 1.54) is 12.1 Å². The van der Waals surface area contributed by atoms with Gasteiger partial charge in [-0.3, -0.25) is 14.8 Å². The van der Waals surface area contributed by atoms with Crippen molar-refractivity contribution in [3.8, 4) is 5.75 Å². The van der Waals surface area contributed by atoms with Gasteiger partial charge in [0.1, 0.15) is 23.5 Å². The Morgan fingerprint density at radius 1 is 1.17 bits per heavy atom. The highest BCUT2D eigenvalue weighted by atomic mass is 19.1. The summed E-state index contributed by atoms with van der Waals surface area (Å²) in [5, 5.41) is 8.17. The number of likely N-dealkylation sites (N-methyl/N-ethyl adjacent to an activating group) is 1. The molecule has 2 atom stereocenters. The maximum Gasteiger partial charge on any atom is 0.225 e. The van der Waals surface area contributed by atoms with Gasteiger partial charge in [-0.15, -0.1) is 0 Å². The van der Waals surface area contributed by atoms with E-state index >= 15 is 8.78 Å². The van der Waals surface area contributed by atoms with Crippen molar-refractivity contribution in [3.63, 3.8) is 0 Å². The number of benzene rings is 2. The maximum absolute atomic E-state index is 15.7. The van der Waals surface area contributed by atoms with Gasteiger partial charge in [0.15, 0.2) is 0 Å². The van der Waals surface area contributed by atoms with Crippen LogP contribution in [0.5, 0.6) is 5.75 Å². The number of nitrogens with zero attached hydrogens (tertiary/aromatic N) is 3. The molecule has 6 nitrogen and oxygen atoms in total. The number of likely N-dealkylation sites (tertiary alicyclic amines) is 1. The van der Waals surface area contributed by atoms with Gasteiger partial charge in [-0.25, -0.2) is 8.78 Å². The summed E-state index contributed by atoms with van der Waals surface area (Å²) in [6.45, 7) is 9.53. The number of ether oxygens (including phenoxy) is 1. The third kappa shape index (κ3) is 4.36. The smallest absolute Gasteiger partial charge is 0.225 e. The minimum absolute atomic E-state index is 0.0557. The number of hydrogen-bond acceptors (Lipinski definition) is 4. The number of H-pyrrole nitrogens is 1. The van der Waals surface area contributed by atoms with Crippen LogP contribution >= 0.6 is 0 Å². The molecule has 1 saturated heterocycles. The second kappa shape index (κ2) is 9.47. The van der Waals surface area contributed by atoms with E-state index in [-0.39, 0.29) is 35.3 Å². The molecule has 0 unspecified atom stereocenters. The van der Waals surface area contributed by atoms with E-state index in [2.05, 4.69) is 28.9 Å². The summed E-state index contributed by atoms with van der Waals surface area (Å²) >= 11 is 0. The number of nitrogens with one attached hydrogen (secondary N) is 1. The van der Waals surface area contributed by atoms with Crippen molar-refractivity contribution in [2.75, 3.05) is 20.1 Å². The second-order valence-electron chi connectivity index (χ2n) is 11.0. The molecule has 3 aromatic rings. The Labute approximate surface area is 210 Å². The number of carbonyl (C=O) groups is 1. The molecule has 1 amide bonds. The SMILES string of the molecule is CC(C)C[C@H]1[C@H](c2c(F)cc(OC3CN(C(=O)C(C)C)C3)cc2F)c2ccc3[nH]ncc3c2CN1C. The molecule has 36 heavy (non-hydrogen) atoms. The molecule has 0 radical (unpaired) electrons. The van der Waals surface area contributed by atoms with Crippen LogP contribution in [0.15, 0.2) is 30.5 Å². The highest BCUT2D eigenvalue weighted by Gasteiger charge is 2.39. The molecular formula is C28H34F2N4O2. The molecular weight excluding hydrogens is 462 g/mol. The minimum atomic E-state index is -0.605. The summed E-state index contributed by atoms with van der Waals surface area (Å²) in [5.41, 5.74) is 2.99. The average Bonchev–Trinajstić information content (AvgIpc) is 3.26. The van der Waals surface area contributed by atoms with Crippen LogP contribution in [-0.2, 0) is 11.3 Å². The first kappa shape index (κ1) is 24.7. The summed E-state index contributed by atoms with van der Waals surface area (Å²) in [7, 11) is 2.02. The fraction of sp³-hybridized carbons (Fsp3) is 0.500. The van der Waals surface area contributed by atoms with E-state index in [1.807, 2.05) is 33.0 Å². The third-order valence-corrected chi connectivity index (χ3v) is 7.50. The molecule has 8 heteroatoms. The highest BCUT2D eigenvalue weighted by Crippen LogP contribution is 2.44. The molecule has 1 fully saturated rings. The van der Waals surface area contributed by atoms with Crippen LogP contribution < -0.4 is 4.74 Å². The second-order valence-corrected chi connectivity index (χ2v) is 11.0. The summed E-state index contributed by atoms with van der Waals surface area (Å²) < 4.78 is 37.3. The monoisotopic (exact) mass is 496 g/mol. The molecule has 2 aliphatic heterocycles. The summed E-state index contributed by atoms with van der Waals surface area (Å²) in [6, 6.07) is 6.46. The van der Waals surface area contributed by atoms with Gasteiger partial charge in [0.25, 0.3) is 0 Å². The number of rotatable bonds is 6. The number of amides is 1. The molecule has 1 N–H and O–H groups in total. The molecule has 192 valence electrons. The van der Waals surface area contributed by atoms with E-state index in [0.717, 1.165) is 28.5 Å². The lowest BCUT2D eigenvalue weighted by atomic mass is 9.75. The van der Waals surface area contributed by atoms with E-state index in [1.54, 1.807) is 11.1 Å². The van der Waals surface area contributed by atoms with Crippen LogP contribution in [0.1, 0.15) is 56.7 Å². The predicted molar refractivity (Wildman–Crippen MR) is 135 cm³/mol. The molecule has 0 bridgehead atoms. The summed E-state index contributed by atoms with van der Waals surface area (Å²) in [4.78, 5) is 16.0. The quantitative estimate of drug-likeness (QED) is 0.517. The van der Waals surface area contributed by atoms with Crippen LogP contribution in [0.4, 0.5) is 8.78 Å². The molecule has 0 saturated carbocycles. The normalized spacial score (nSPS) is 20.8. The Morgan fingerprint density at radius 3 is 2.50 bits per heavy atom. The van der Waals surface area contributed by atoms with Crippen molar-refractivity contribution >= 4 is 16.8 Å². The van der Waals surface area contributed by atoms with Crippen molar-refractivity contribution in [3.05, 3.63) is 58.8 Å². The first-order valence-corrected chi connectivity index (χ1v) is 12.7. The fourth-order valence-corrected chi connectivity index (χ4v) is 5.71. The summed E-state index contributed by atoms with van der Waals surface area (Å²) in [5.74, 6) is -1.17. The van der Waals surface area contributed by atoms with Crippen molar-refractivity contribution in [1.82, 2.24) is 20.0 Å². The van der Waals surface area contributed by atoms with Crippen LogP contribution in [0.3, 0.4) is 0 Å². The zero-order valence-electron chi connectivity index (χ0n) is 21.5. The minimum Gasteiger partial charge on any atom is -0.487 e. The molecule has 0 spiro atoms. The Morgan fingerprint density at radius 2 is 1.86 bits per heavy atom. The molecule has 2 aliphatic rings. The van der Waals surface area contributed by atoms with E-state index in [0.29, 0.717) is 25.6 Å². The van der Waals surface area contributed by atoms with Gasteiger partial charge >= 0.3 is 0 Å². The Balaban J connectivity index is 1.48. The first-order chi connectivity index (χ1) is 17.1. The third-order valence-electron chi connectivity index (χ3n) is 7.50. The Bertz CT molecular complexity index is 1260. The summed E-state index contributed by atoms with van der Waals surface area (Å²) in [6.07, 6.45) is 2.34. The largest absolute Gasteiger partial charge is 0.487 e. The van der Waals surface area contributed by atoms with E-state index < -0.39 is 17.6 Å². The fourth-order valence-electron chi connectivity index (χ4n) is 5.71. The van der Waals surface area contributed by atoms with Crippen LogP contribution in [0.25, 0.3) is 10.9 Å². The van der Waals surface area contributed by atoms with Crippen molar-refractivity contribution in [2.24, 2.45) is 11.8 Å². The van der Waals surface area contributed by atoms with E-state index in [4.69, 9.17) is 4.74 Å². The van der Waals surface area contributed by atoms with Crippen LogP contribution in [-0.4, -0.2) is 58.2 Å². The highest BCUT2D eigenvalue weighted by molar-refractivity contribution is 5.83. The molecule has 2 aromatic carbocycles. The number of aromatic nitrogens is 2. The molecule has 5 rings (SSSR count). The van der Waals surface area contributed by atoms with Gasteiger partial charge in [0.2, 0.25) is 5.91 Å². The number of halogens is 2. The van der Waals surface area contributed by atoms with Crippen molar-refractivity contribution < 1.29 is 18.3 Å². The Hall–Kier alpha value is -3.00. The molecule has 3 heterocycles. The lowest BCUT2D eigenvalue weighted by Gasteiger charge is -2.42.